The molecule has 92 valence electrons. The quantitative estimate of drug-likeness (QED) is 0.728. The van der Waals surface area contributed by atoms with E-state index in [9.17, 15) is 4.79 Å². The summed E-state index contributed by atoms with van der Waals surface area (Å²) in [5.74, 6) is -0.236. The van der Waals surface area contributed by atoms with E-state index in [4.69, 9.17) is 23.2 Å². The minimum atomic E-state index is -0.236. The molecule has 0 saturated carbocycles. The van der Waals surface area contributed by atoms with E-state index in [1.807, 2.05) is 6.07 Å². The first-order valence-corrected chi connectivity index (χ1v) is 6.92. The fourth-order valence-electron chi connectivity index (χ4n) is 1.42. The number of carbonyl (C=O) groups is 1. The second-order valence-electron chi connectivity index (χ2n) is 3.59. The maximum atomic E-state index is 12.0. The molecule has 1 amide bonds. The van der Waals surface area contributed by atoms with Crippen molar-refractivity contribution in [1.82, 2.24) is 0 Å². The molecule has 2 nitrogen and oxygen atoms in total. The SMILES string of the molecule is O=C(Nc1ccc(I)cc1Cl)c1cccc(Cl)c1. The van der Waals surface area contributed by atoms with Crippen LogP contribution in [0.2, 0.25) is 10.0 Å². The van der Waals surface area contributed by atoms with Crippen molar-refractivity contribution in [3.05, 3.63) is 61.6 Å². The van der Waals surface area contributed by atoms with Crippen LogP contribution in [0.25, 0.3) is 0 Å². The van der Waals surface area contributed by atoms with Crippen LogP contribution in [0, 0.1) is 3.57 Å². The molecule has 1 N–H and O–H groups in total. The Kier molecular flexibility index (Phi) is 4.48. The molecule has 2 aromatic carbocycles. The van der Waals surface area contributed by atoms with Gasteiger partial charge in [0, 0.05) is 14.2 Å². The van der Waals surface area contributed by atoms with Crippen molar-refractivity contribution in [2.45, 2.75) is 0 Å². The Morgan fingerprint density at radius 3 is 2.56 bits per heavy atom. The number of nitrogens with one attached hydrogen (secondary N) is 1. The van der Waals surface area contributed by atoms with E-state index < -0.39 is 0 Å². The maximum absolute atomic E-state index is 12.0. The molecule has 0 atom stereocenters. The summed E-state index contributed by atoms with van der Waals surface area (Å²) in [5.41, 5.74) is 1.08. The molecule has 0 spiro atoms. The van der Waals surface area contributed by atoms with Gasteiger partial charge in [-0.25, -0.2) is 0 Å². The second kappa shape index (κ2) is 5.91. The van der Waals surface area contributed by atoms with Crippen molar-refractivity contribution in [2.75, 3.05) is 5.32 Å². The summed E-state index contributed by atoms with van der Waals surface area (Å²) < 4.78 is 1.01. The molecule has 0 fully saturated rings. The van der Waals surface area contributed by atoms with Crippen molar-refractivity contribution in [3.63, 3.8) is 0 Å². The zero-order valence-electron chi connectivity index (χ0n) is 9.08. The van der Waals surface area contributed by atoms with Crippen LogP contribution in [0.3, 0.4) is 0 Å². The highest BCUT2D eigenvalue weighted by Gasteiger charge is 2.08. The molecule has 0 aromatic heterocycles. The molecule has 5 heteroatoms. The van der Waals surface area contributed by atoms with Gasteiger partial charge in [-0.15, -0.1) is 0 Å². The van der Waals surface area contributed by atoms with Crippen molar-refractivity contribution in [3.8, 4) is 0 Å². The Morgan fingerprint density at radius 1 is 1.11 bits per heavy atom. The Labute approximate surface area is 128 Å². The van der Waals surface area contributed by atoms with Crippen LogP contribution < -0.4 is 5.32 Å². The van der Waals surface area contributed by atoms with Crippen LogP contribution >= 0.6 is 45.8 Å². The van der Waals surface area contributed by atoms with Crippen LogP contribution in [0.1, 0.15) is 10.4 Å². The summed E-state index contributed by atoms with van der Waals surface area (Å²) in [5, 5.41) is 3.78. The van der Waals surface area contributed by atoms with E-state index in [1.165, 1.54) is 0 Å². The molecule has 0 aliphatic heterocycles. The lowest BCUT2D eigenvalue weighted by Gasteiger charge is -2.07. The topological polar surface area (TPSA) is 29.1 Å². The molecule has 0 heterocycles. The third-order valence-corrected chi connectivity index (χ3v) is 3.48. The number of rotatable bonds is 2. The largest absolute Gasteiger partial charge is 0.321 e. The number of anilines is 1. The van der Waals surface area contributed by atoms with Gasteiger partial charge in [0.1, 0.15) is 0 Å². The third kappa shape index (κ3) is 3.37. The van der Waals surface area contributed by atoms with Gasteiger partial charge >= 0.3 is 0 Å². The molecule has 0 radical (unpaired) electrons. The summed E-state index contributed by atoms with van der Waals surface area (Å²) in [7, 11) is 0. The monoisotopic (exact) mass is 391 g/mol. The van der Waals surface area contributed by atoms with Crippen LogP contribution in [0.4, 0.5) is 5.69 Å². The Morgan fingerprint density at radius 2 is 1.89 bits per heavy atom. The van der Waals surface area contributed by atoms with Gasteiger partial charge in [-0.1, -0.05) is 29.3 Å². The molecular formula is C13H8Cl2INO. The first kappa shape index (κ1) is 13.6. The predicted molar refractivity (Wildman–Crippen MR) is 83.6 cm³/mol. The maximum Gasteiger partial charge on any atom is 0.255 e. The van der Waals surface area contributed by atoms with Crippen molar-refractivity contribution in [2.24, 2.45) is 0 Å². The fraction of sp³-hybridized carbons (Fsp3) is 0. The summed E-state index contributed by atoms with van der Waals surface area (Å²) in [6.45, 7) is 0. The van der Waals surface area contributed by atoms with E-state index in [0.717, 1.165) is 3.57 Å². The van der Waals surface area contributed by atoms with Gasteiger partial charge in [0.05, 0.1) is 10.7 Å². The zero-order chi connectivity index (χ0) is 13.1. The van der Waals surface area contributed by atoms with Crippen LogP contribution in [0.5, 0.6) is 0 Å². The highest BCUT2D eigenvalue weighted by atomic mass is 127. The summed E-state index contributed by atoms with van der Waals surface area (Å²) >= 11 is 14.0. The number of carbonyl (C=O) groups excluding carboxylic acids is 1. The Bertz CT molecular complexity index is 601. The minimum absolute atomic E-state index is 0.236. The standard InChI is InChI=1S/C13H8Cl2INO/c14-9-3-1-2-8(6-9)13(18)17-12-5-4-10(16)7-11(12)15/h1-7H,(H,17,18). The predicted octanol–water partition coefficient (Wildman–Crippen LogP) is 4.85. The second-order valence-corrected chi connectivity index (χ2v) is 5.68. The number of benzene rings is 2. The van der Waals surface area contributed by atoms with Gasteiger partial charge in [-0.05, 0) is 59.0 Å². The lowest BCUT2D eigenvalue weighted by Crippen LogP contribution is -2.12. The van der Waals surface area contributed by atoms with E-state index in [1.54, 1.807) is 36.4 Å². The number of hydrogen-bond acceptors (Lipinski definition) is 1. The number of hydrogen-bond donors (Lipinski definition) is 1. The van der Waals surface area contributed by atoms with E-state index in [-0.39, 0.29) is 5.91 Å². The van der Waals surface area contributed by atoms with Gasteiger partial charge in [-0.2, -0.15) is 0 Å². The molecule has 18 heavy (non-hydrogen) atoms. The van der Waals surface area contributed by atoms with Crippen LogP contribution in [-0.4, -0.2) is 5.91 Å². The third-order valence-electron chi connectivity index (χ3n) is 2.27. The summed E-state index contributed by atoms with van der Waals surface area (Å²) in [6, 6.07) is 12.2. The molecule has 0 aliphatic carbocycles. The Balaban J connectivity index is 2.21. The fourth-order valence-corrected chi connectivity index (χ4v) is 2.51. The van der Waals surface area contributed by atoms with E-state index in [2.05, 4.69) is 27.9 Å². The van der Waals surface area contributed by atoms with E-state index >= 15 is 0 Å². The zero-order valence-corrected chi connectivity index (χ0v) is 12.8. The van der Waals surface area contributed by atoms with Crippen molar-refractivity contribution < 1.29 is 4.79 Å². The average molecular weight is 392 g/mol. The first-order valence-electron chi connectivity index (χ1n) is 5.08. The first-order chi connectivity index (χ1) is 8.56. The van der Waals surface area contributed by atoms with Crippen LogP contribution in [-0.2, 0) is 0 Å². The van der Waals surface area contributed by atoms with Crippen LogP contribution in [0.15, 0.2) is 42.5 Å². The molecular weight excluding hydrogens is 384 g/mol. The molecule has 0 aliphatic rings. The lowest BCUT2D eigenvalue weighted by atomic mass is 10.2. The average Bonchev–Trinajstić information content (AvgIpc) is 2.32. The number of amides is 1. The molecule has 2 rings (SSSR count). The van der Waals surface area contributed by atoms with E-state index in [0.29, 0.717) is 21.3 Å². The Hall–Kier alpha value is -0.780. The highest BCUT2D eigenvalue weighted by molar-refractivity contribution is 14.1. The molecule has 0 bridgehead atoms. The van der Waals surface area contributed by atoms with Crippen molar-refractivity contribution >= 4 is 57.4 Å². The summed E-state index contributed by atoms with van der Waals surface area (Å²) in [6.07, 6.45) is 0. The molecule has 0 unspecified atom stereocenters. The number of halogens is 3. The highest BCUT2D eigenvalue weighted by Crippen LogP contribution is 2.24. The normalized spacial score (nSPS) is 10.2. The summed E-state index contributed by atoms with van der Waals surface area (Å²) in [4.78, 5) is 12.0. The smallest absolute Gasteiger partial charge is 0.255 e. The molecule has 0 saturated heterocycles. The molecule has 2 aromatic rings. The van der Waals surface area contributed by atoms with Gasteiger partial charge in [0.2, 0.25) is 0 Å². The van der Waals surface area contributed by atoms with Gasteiger partial charge < -0.3 is 5.32 Å². The van der Waals surface area contributed by atoms with Gasteiger partial charge in [0.25, 0.3) is 5.91 Å². The minimum Gasteiger partial charge on any atom is -0.321 e. The van der Waals surface area contributed by atoms with Crippen molar-refractivity contribution in [1.29, 1.82) is 0 Å². The van der Waals surface area contributed by atoms with Gasteiger partial charge in [-0.3, -0.25) is 4.79 Å². The van der Waals surface area contributed by atoms with Gasteiger partial charge in [0.15, 0.2) is 0 Å². The lowest BCUT2D eigenvalue weighted by molar-refractivity contribution is 0.102.